The smallest absolute Gasteiger partial charge is 0.335 e. The van der Waals surface area contributed by atoms with Gasteiger partial charge in [-0.25, -0.2) is 4.79 Å². The maximum absolute atomic E-state index is 11.8. The summed E-state index contributed by atoms with van der Waals surface area (Å²) in [6.45, 7) is 0.387. The molecule has 5 heteroatoms. The monoisotopic (exact) mass is 260 g/mol. The van der Waals surface area contributed by atoms with Crippen LogP contribution in [0.25, 0.3) is 0 Å². The minimum Gasteiger partial charge on any atom is -0.478 e. The van der Waals surface area contributed by atoms with Gasteiger partial charge in [0.05, 0.1) is 11.5 Å². The Morgan fingerprint density at radius 1 is 1.26 bits per heavy atom. The third kappa shape index (κ3) is 3.42. The van der Waals surface area contributed by atoms with Gasteiger partial charge >= 0.3 is 5.97 Å². The summed E-state index contributed by atoms with van der Waals surface area (Å²) < 4.78 is 0. The molecule has 5 nitrogen and oxygen atoms in total. The average Bonchev–Trinajstić information content (AvgIpc) is 2.83. The summed E-state index contributed by atoms with van der Waals surface area (Å²) in [5.74, 6) is -1.17. The molecule has 0 aromatic heterocycles. The van der Waals surface area contributed by atoms with Gasteiger partial charge in [0.2, 0.25) is 5.91 Å². The first-order chi connectivity index (χ1) is 9.06. The molecule has 100 valence electrons. The number of carbonyl (C=O) groups excluding carboxylic acids is 1. The molecule has 1 aromatic carbocycles. The average molecular weight is 260 g/mol. The molecule has 19 heavy (non-hydrogen) atoms. The molecule has 1 amide bonds. The number of carbonyl (C=O) groups is 2. The van der Waals surface area contributed by atoms with Crippen molar-refractivity contribution in [3.8, 4) is 0 Å². The van der Waals surface area contributed by atoms with Crippen molar-refractivity contribution in [3.05, 3.63) is 47.5 Å². The molecule has 1 aliphatic rings. The van der Waals surface area contributed by atoms with Crippen molar-refractivity contribution in [1.29, 1.82) is 0 Å². The first kappa shape index (κ1) is 13.3. The van der Waals surface area contributed by atoms with E-state index in [1.54, 1.807) is 12.1 Å². The molecular formula is C14H16N2O3. The summed E-state index contributed by atoms with van der Waals surface area (Å²) in [6, 6.07) is 6.40. The van der Waals surface area contributed by atoms with Gasteiger partial charge in [-0.05, 0) is 24.1 Å². The largest absolute Gasteiger partial charge is 0.478 e. The van der Waals surface area contributed by atoms with Crippen molar-refractivity contribution in [2.24, 2.45) is 11.7 Å². The van der Waals surface area contributed by atoms with E-state index in [9.17, 15) is 9.59 Å². The van der Waals surface area contributed by atoms with Gasteiger partial charge in [-0.2, -0.15) is 0 Å². The maximum Gasteiger partial charge on any atom is 0.335 e. The number of rotatable bonds is 4. The lowest BCUT2D eigenvalue weighted by Crippen LogP contribution is -2.30. The summed E-state index contributed by atoms with van der Waals surface area (Å²) >= 11 is 0. The first-order valence-corrected chi connectivity index (χ1v) is 6.10. The van der Waals surface area contributed by atoms with Crippen LogP contribution < -0.4 is 11.1 Å². The summed E-state index contributed by atoms with van der Waals surface area (Å²) in [5.41, 5.74) is 6.79. The molecule has 0 bridgehead atoms. The molecule has 4 N–H and O–H groups in total. The van der Waals surface area contributed by atoms with Crippen LogP contribution in [0.2, 0.25) is 0 Å². The maximum atomic E-state index is 11.8. The van der Waals surface area contributed by atoms with Gasteiger partial charge in [0.1, 0.15) is 0 Å². The zero-order valence-corrected chi connectivity index (χ0v) is 10.4. The second-order valence-electron chi connectivity index (χ2n) is 4.61. The van der Waals surface area contributed by atoms with Crippen molar-refractivity contribution < 1.29 is 14.7 Å². The Hall–Kier alpha value is -2.14. The number of benzene rings is 1. The molecule has 1 aliphatic carbocycles. The Morgan fingerprint density at radius 2 is 1.95 bits per heavy atom. The Labute approximate surface area is 111 Å². The van der Waals surface area contributed by atoms with Crippen molar-refractivity contribution >= 4 is 11.9 Å². The highest BCUT2D eigenvalue weighted by Crippen LogP contribution is 2.16. The van der Waals surface area contributed by atoms with Gasteiger partial charge in [-0.15, -0.1) is 0 Å². The Morgan fingerprint density at radius 3 is 2.47 bits per heavy atom. The molecule has 2 unspecified atom stereocenters. The summed E-state index contributed by atoms with van der Waals surface area (Å²) in [6.07, 6.45) is 4.31. The molecule has 0 fully saturated rings. The fraction of sp³-hybridized carbons (Fsp3) is 0.286. The highest BCUT2D eigenvalue weighted by Gasteiger charge is 2.22. The Balaban J connectivity index is 1.87. The summed E-state index contributed by atoms with van der Waals surface area (Å²) in [7, 11) is 0. The summed E-state index contributed by atoms with van der Waals surface area (Å²) in [4.78, 5) is 22.5. The number of carboxylic acid groups (broad SMARTS) is 1. The SMILES string of the molecule is NC1C=CC(C(=O)NCc2ccc(C(=O)O)cc2)C1. The van der Waals surface area contributed by atoms with Gasteiger partial charge in [0.15, 0.2) is 0 Å². The quantitative estimate of drug-likeness (QED) is 0.701. The lowest BCUT2D eigenvalue weighted by Gasteiger charge is -2.10. The lowest BCUT2D eigenvalue weighted by molar-refractivity contribution is -0.123. The zero-order valence-electron chi connectivity index (χ0n) is 10.4. The van der Waals surface area contributed by atoms with E-state index in [0.29, 0.717) is 13.0 Å². The van der Waals surface area contributed by atoms with Gasteiger partial charge < -0.3 is 16.2 Å². The van der Waals surface area contributed by atoms with Crippen molar-refractivity contribution in [2.45, 2.75) is 19.0 Å². The number of aromatic carboxylic acids is 1. The van der Waals surface area contributed by atoms with Gasteiger partial charge in [-0.3, -0.25) is 4.79 Å². The van der Waals surface area contributed by atoms with E-state index in [-0.39, 0.29) is 23.4 Å². The second kappa shape index (κ2) is 5.67. The van der Waals surface area contributed by atoms with E-state index in [1.807, 2.05) is 12.2 Å². The lowest BCUT2D eigenvalue weighted by atomic mass is 10.1. The fourth-order valence-electron chi connectivity index (χ4n) is 2.01. The second-order valence-corrected chi connectivity index (χ2v) is 4.61. The number of nitrogens with one attached hydrogen (secondary N) is 1. The van der Waals surface area contributed by atoms with E-state index in [2.05, 4.69) is 5.32 Å². The number of carboxylic acids is 1. The molecule has 0 spiro atoms. The number of nitrogens with two attached hydrogens (primary N) is 1. The van der Waals surface area contributed by atoms with Crippen molar-refractivity contribution in [3.63, 3.8) is 0 Å². The van der Waals surface area contributed by atoms with Crippen LogP contribution in [0.1, 0.15) is 22.3 Å². The minimum absolute atomic E-state index is 0.0365. The minimum atomic E-state index is -0.958. The number of hydrogen-bond acceptors (Lipinski definition) is 3. The standard InChI is InChI=1S/C14H16N2O3/c15-12-6-5-11(7-12)13(17)16-8-9-1-3-10(4-2-9)14(18)19/h1-6,11-12H,7-8,15H2,(H,16,17)(H,18,19). The topological polar surface area (TPSA) is 92.4 Å². The van der Waals surface area contributed by atoms with Crippen LogP contribution in [0.15, 0.2) is 36.4 Å². The molecular weight excluding hydrogens is 244 g/mol. The summed E-state index contributed by atoms with van der Waals surface area (Å²) in [5, 5.41) is 11.6. The van der Waals surface area contributed by atoms with Gasteiger partial charge in [-0.1, -0.05) is 24.3 Å². The van der Waals surface area contributed by atoms with Crippen LogP contribution >= 0.6 is 0 Å². The highest BCUT2D eigenvalue weighted by molar-refractivity contribution is 5.87. The van der Waals surface area contributed by atoms with E-state index in [1.165, 1.54) is 12.1 Å². The van der Waals surface area contributed by atoms with Gasteiger partial charge in [0.25, 0.3) is 0 Å². The van der Waals surface area contributed by atoms with E-state index in [0.717, 1.165) is 5.56 Å². The van der Waals surface area contributed by atoms with Crippen LogP contribution in [0.3, 0.4) is 0 Å². The Bertz CT molecular complexity index is 508. The number of amides is 1. The zero-order chi connectivity index (χ0) is 13.8. The van der Waals surface area contributed by atoms with E-state index < -0.39 is 5.97 Å². The van der Waals surface area contributed by atoms with Crippen molar-refractivity contribution in [2.75, 3.05) is 0 Å². The van der Waals surface area contributed by atoms with Crippen LogP contribution in [0.5, 0.6) is 0 Å². The normalized spacial score (nSPS) is 21.3. The van der Waals surface area contributed by atoms with Crippen LogP contribution in [0.4, 0.5) is 0 Å². The molecule has 2 atom stereocenters. The predicted molar refractivity (Wildman–Crippen MR) is 70.5 cm³/mol. The Kier molecular flexibility index (Phi) is 3.97. The van der Waals surface area contributed by atoms with Crippen LogP contribution in [0, 0.1) is 5.92 Å². The van der Waals surface area contributed by atoms with Gasteiger partial charge in [0, 0.05) is 12.6 Å². The third-order valence-electron chi connectivity index (χ3n) is 3.12. The third-order valence-corrected chi connectivity index (χ3v) is 3.12. The number of hydrogen-bond donors (Lipinski definition) is 3. The van der Waals surface area contributed by atoms with Crippen LogP contribution in [-0.4, -0.2) is 23.0 Å². The molecule has 1 aromatic rings. The molecule has 0 saturated heterocycles. The van der Waals surface area contributed by atoms with E-state index in [4.69, 9.17) is 10.8 Å². The molecule has 0 saturated carbocycles. The highest BCUT2D eigenvalue weighted by atomic mass is 16.4. The molecule has 0 radical (unpaired) electrons. The molecule has 0 aliphatic heterocycles. The van der Waals surface area contributed by atoms with E-state index >= 15 is 0 Å². The van der Waals surface area contributed by atoms with Crippen LogP contribution in [-0.2, 0) is 11.3 Å². The van der Waals surface area contributed by atoms with Crippen molar-refractivity contribution in [1.82, 2.24) is 5.32 Å². The molecule has 2 rings (SSSR count). The predicted octanol–water partition coefficient (Wildman–Crippen LogP) is 0.904. The fourth-order valence-corrected chi connectivity index (χ4v) is 2.01. The first-order valence-electron chi connectivity index (χ1n) is 6.10. The molecule has 0 heterocycles.